The standard InChI is InChI=1S/C20H20Cl2N2O4/c1-2-24(11-18(25)23-20-14(21)4-3-5-15(20)22)19(26)9-7-13-6-8-16-17(10-13)28-12-27-16/h3-6,8,10H,2,7,9,11-12H2,1H3,(H,23,25). The van der Waals surface area contributed by atoms with E-state index >= 15 is 0 Å². The van der Waals surface area contributed by atoms with E-state index in [0.717, 1.165) is 5.56 Å². The normalized spacial score (nSPS) is 12.0. The lowest BCUT2D eigenvalue weighted by atomic mass is 10.1. The third-order valence-corrected chi connectivity index (χ3v) is 4.99. The van der Waals surface area contributed by atoms with E-state index in [-0.39, 0.29) is 31.6 Å². The number of para-hydroxylation sites is 1. The number of likely N-dealkylation sites (N-methyl/N-ethyl adjacent to an activating group) is 1. The van der Waals surface area contributed by atoms with Crippen molar-refractivity contribution in [1.82, 2.24) is 4.90 Å². The molecule has 0 atom stereocenters. The first-order valence-corrected chi connectivity index (χ1v) is 9.63. The summed E-state index contributed by atoms with van der Waals surface area (Å²) in [5, 5.41) is 3.36. The molecule has 0 saturated heterocycles. The molecule has 148 valence electrons. The number of amides is 2. The average Bonchev–Trinajstić information content (AvgIpc) is 3.15. The Morgan fingerprint density at radius 1 is 1.11 bits per heavy atom. The highest BCUT2D eigenvalue weighted by molar-refractivity contribution is 6.39. The molecule has 1 heterocycles. The second-order valence-corrected chi connectivity index (χ2v) is 7.05. The fourth-order valence-electron chi connectivity index (χ4n) is 2.85. The van der Waals surface area contributed by atoms with Crippen LogP contribution in [0.25, 0.3) is 0 Å². The van der Waals surface area contributed by atoms with Crippen molar-refractivity contribution in [3.8, 4) is 11.5 Å². The zero-order chi connectivity index (χ0) is 20.1. The highest BCUT2D eigenvalue weighted by Gasteiger charge is 2.18. The van der Waals surface area contributed by atoms with Crippen molar-refractivity contribution in [1.29, 1.82) is 0 Å². The Bertz CT molecular complexity index is 868. The van der Waals surface area contributed by atoms with E-state index in [0.29, 0.717) is 40.2 Å². The Morgan fingerprint density at radius 2 is 1.82 bits per heavy atom. The third-order valence-electron chi connectivity index (χ3n) is 4.36. The molecule has 6 nitrogen and oxygen atoms in total. The number of aryl methyl sites for hydroxylation is 1. The summed E-state index contributed by atoms with van der Waals surface area (Å²) < 4.78 is 10.6. The van der Waals surface area contributed by atoms with Crippen molar-refractivity contribution in [2.24, 2.45) is 0 Å². The predicted molar refractivity (Wildman–Crippen MR) is 108 cm³/mol. The largest absolute Gasteiger partial charge is 0.454 e. The minimum Gasteiger partial charge on any atom is -0.454 e. The van der Waals surface area contributed by atoms with Gasteiger partial charge in [0.05, 0.1) is 22.3 Å². The Hall–Kier alpha value is -2.44. The van der Waals surface area contributed by atoms with Gasteiger partial charge in [0, 0.05) is 13.0 Å². The summed E-state index contributed by atoms with van der Waals surface area (Å²) in [5.74, 6) is 0.933. The van der Waals surface area contributed by atoms with E-state index < -0.39 is 0 Å². The van der Waals surface area contributed by atoms with Crippen LogP contribution < -0.4 is 14.8 Å². The minimum absolute atomic E-state index is 0.0714. The molecule has 2 aromatic carbocycles. The maximum atomic E-state index is 12.5. The maximum absolute atomic E-state index is 12.5. The molecule has 3 rings (SSSR count). The molecule has 1 aliphatic heterocycles. The molecular formula is C20H20Cl2N2O4. The molecule has 8 heteroatoms. The number of hydrogen-bond acceptors (Lipinski definition) is 4. The van der Waals surface area contributed by atoms with Gasteiger partial charge in [0.2, 0.25) is 18.6 Å². The molecule has 0 aromatic heterocycles. The van der Waals surface area contributed by atoms with Gasteiger partial charge in [-0.15, -0.1) is 0 Å². The number of ether oxygens (including phenoxy) is 2. The number of fused-ring (bicyclic) bond motifs is 1. The Balaban J connectivity index is 1.55. The molecule has 28 heavy (non-hydrogen) atoms. The Labute approximate surface area is 173 Å². The van der Waals surface area contributed by atoms with Gasteiger partial charge in [-0.25, -0.2) is 0 Å². The second kappa shape index (κ2) is 9.17. The Kier molecular flexibility index (Phi) is 6.65. The minimum atomic E-state index is -0.353. The summed E-state index contributed by atoms with van der Waals surface area (Å²) in [5.41, 5.74) is 1.32. The monoisotopic (exact) mass is 422 g/mol. The van der Waals surface area contributed by atoms with E-state index in [1.807, 2.05) is 25.1 Å². The summed E-state index contributed by atoms with van der Waals surface area (Å²) >= 11 is 12.1. The van der Waals surface area contributed by atoms with E-state index in [1.165, 1.54) is 4.90 Å². The molecule has 2 amide bonds. The molecule has 1 aliphatic rings. The number of carbonyl (C=O) groups excluding carboxylic acids is 2. The summed E-state index contributed by atoms with van der Waals surface area (Å²) in [7, 11) is 0. The Morgan fingerprint density at radius 3 is 2.54 bits per heavy atom. The van der Waals surface area contributed by atoms with Crippen molar-refractivity contribution in [2.45, 2.75) is 19.8 Å². The van der Waals surface area contributed by atoms with Crippen LogP contribution in [0, 0.1) is 0 Å². The zero-order valence-corrected chi connectivity index (χ0v) is 16.8. The van der Waals surface area contributed by atoms with Crippen LogP contribution in [0.15, 0.2) is 36.4 Å². The van der Waals surface area contributed by atoms with Gasteiger partial charge in [-0.05, 0) is 43.2 Å². The molecule has 0 radical (unpaired) electrons. The fraction of sp³-hybridized carbons (Fsp3) is 0.300. The van der Waals surface area contributed by atoms with Crippen molar-refractivity contribution >= 4 is 40.7 Å². The topological polar surface area (TPSA) is 67.9 Å². The van der Waals surface area contributed by atoms with Crippen LogP contribution in [0.1, 0.15) is 18.9 Å². The van der Waals surface area contributed by atoms with E-state index in [4.69, 9.17) is 32.7 Å². The molecule has 0 saturated carbocycles. The van der Waals surface area contributed by atoms with Gasteiger partial charge in [0.1, 0.15) is 0 Å². The molecule has 1 N–H and O–H groups in total. The lowest BCUT2D eigenvalue weighted by Crippen LogP contribution is -2.38. The molecular weight excluding hydrogens is 403 g/mol. The van der Waals surface area contributed by atoms with Crippen molar-refractivity contribution in [3.63, 3.8) is 0 Å². The first kappa shape index (κ1) is 20.3. The number of nitrogens with zero attached hydrogens (tertiary/aromatic N) is 1. The van der Waals surface area contributed by atoms with Crippen LogP contribution in [-0.2, 0) is 16.0 Å². The van der Waals surface area contributed by atoms with Crippen molar-refractivity contribution in [2.75, 3.05) is 25.2 Å². The van der Waals surface area contributed by atoms with Crippen LogP contribution in [0.5, 0.6) is 11.5 Å². The maximum Gasteiger partial charge on any atom is 0.244 e. The number of benzene rings is 2. The van der Waals surface area contributed by atoms with Gasteiger partial charge in [-0.2, -0.15) is 0 Å². The van der Waals surface area contributed by atoms with Crippen LogP contribution >= 0.6 is 23.2 Å². The lowest BCUT2D eigenvalue weighted by molar-refractivity contribution is -0.134. The predicted octanol–water partition coefficient (Wildman–Crippen LogP) is 4.14. The summed E-state index contributed by atoms with van der Waals surface area (Å²) in [6.45, 7) is 2.39. The van der Waals surface area contributed by atoms with Crippen LogP contribution in [0.3, 0.4) is 0 Å². The van der Waals surface area contributed by atoms with E-state index in [9.17, 15) is 9.59 Å². The first-order valence-electron chi connectivity index (χ1n) is 8.88. The second-order valence-electron chi connectivity index (χ2n) is 6.24. The number of rotatable bonds is 7. The van der Waals surface area contributed by atoms with E-state index in [1.54, 1.807) is 18.2 Å². The number of hydrogen-bond donors (Lipinski definition) is 1. The zero-order valence-electron chi connectivity index (χ0n) is 15.3. The number of anilines is 1. The first-order chi connectivity index (χ1) is 13.5. The summed E-state index contributed by atoms with van der Waals surface area (Å²) in [6.07, 6.45) is 0.831. The van der Waals surface area contributed by atoms with Gasteiger partial charge < -0.3 is 19.7 Å². The lowest BCUT2D eigenvalue weighted by Gasteiger charge is -2.21. The van der Waals surface area contributed by atoms with Gasteiger partial charge in [0.15, 0.2) is 11.5 Å². The van der Waals surface area contributed by atoms with Crippen LogP contribution in [0.2, 0.25) is 10.0 Å². The quantitative estimate of drug-likeness (QED) is 0.727. The number of halogens is 2. The fourth-order valence-corrected chi connectivity index (χ4v) is 3.34. The molecule has 0 aliphatic carbocycles. The molecule has 2 aromatic rings. The highest BCUT2D eigenvalue weighted by atomic mass is 35.5. The summed E-state index contributed by atoms with van der Waals surface area (Å²) in [6, 6.07) is 10.6. The molecule has 0 bridgehead atoms. The molecule has 0 fully saturated rings. The smallest absolute Gasteiger partial charge is 0.244 e. The van der Waals surface area contributed by atoms with Crippen molar-refractivity contribution in [3.05, 3.63) is 52.0 Å². The van der Waals surface area contributed by atoms with E-state index in [2.05, 4.69) is 5.32 Å². The number of nitrogens with one attached hydrogen (secondary N) is 1. The SMILES string of the molecule is CCN(CC(=O)Nc1c(Cl)cccc1Cl)C(=O)CCc1ccc2c(c1)OCO2. The average molecular weight is 423 g/mol. The number of carbonyl (C=O) groups is 2. The third kappa shape index (κ3) is 4.88. The molecule has 0 spiro atoms. The van der Waals surface area contributed by atoms with Crippen LogP contribution in [-0.4, -0.2) is 36.6 Å². The summed E-state index contributed by atoms with van der Waals surface area (Å²) in [4.78, 5) is 26.4. The highest BCUT2D eigenvalue weighted by Crippen LogP contribution is 2.33. The molecule has 0 unspecified atom stereocenters. The van der Waals surface area contributed by atoms with Gasteiger partial charge in [0.25, 0.3) is 0 Å². The van der Waals surface area contributed by atoms with Gasteiger partial charge in [-0.3, -0.25) is 9.59 Å². The van der Waals surface area contributed by atoms with Crippen molar-refractivity contribution < 1.29 is 19.1 Å². The van der Waals surface area contributed by atoms with Gasteiger partial charge >= 0.3 is 0 Å². The van der Waals surface area contributed by atoms with Crippen LogP contribution in [0.4, 0.5) is 5.69 Å². The van der Waals surface area contributed by atoms with Gasteiger partial charge in [-0.1, -0.05) is 35.3 Å².